The summed E-state index contributed by atoms with van der Waals surface area (Å²) in [5, 5.41) is 12.0. The van der Waals surface area contributed by atoms with Crippen LogP contribution in [0.4, 0.5) is 0 Å². The Morgan fingerprint density at radius 1 is 1.59 bits per heavy atom. The number of aromatic nitrogens is 2. The summed E-state index contributed by atoms with van der Waals surface area (Å²) >= 11 is 0. The molecule has 1 N–H and O–H groups in total. The molecule has 1 aromatic rings. The van der Waals surface area contributed by atoms with E-state index < -0.39 is 21.2 Å². The van der Waals surface area contributed by atoms with Gasteiger partial charge in [0.2, 0.25) is 0 Å². The lowest BCUT2D eigenvalue weighted by Gasteiger charge is -2.08. The van der Waals surface area contributed by atoms with Gasteiger partial charge in [-0.3, -0.25) is 9.48 Å². The van der Waals surface area contributed by atoms with Crippen molar-refractivity contribution in [1.29, 1.82) is 0 Å². The van der Waals surface area contributed by atoms with Crippen molar-refractivity contribution in [3.63, 3.8) is 0 Å². The highest BCUT2D eigenvalue weighted by molar-refractivity contribution is 7.91. The lowest BCUT2D eigenvalue weighted by atomic mass is 10.2. The molecule has 0 spiro atoms. The Hall–Kier alpha value is -1.37. The average Bonchev–Trinajstić information content (AvgIpc) is 2.80. The first kappa shape index (κ1) is 12.1. The Morgan fingerprint density at radius 3 is 2.94 bits per heavy atom. The van der Waals surface area contributed by atoms with Crippen LogP contribution in [0.1, 0.15) is 30.2 Å². The number of carboxylic acids is 1. The Labute approximate surface area is 99.2 Å². The number of nitrogens with zero attached hydrogens (tertiary/aromatic N) is 2. The second kappa shape index (κ2) is 4.48. The Bertz CT molecular complexity index is 520. The summed E-state index contributed by atoms with van der Waals surface area (Å²) < 4.78 is 24.8. The van der Waals surface area contributed by atoms with Gasteiger partial charge in [-0.1, -0.05) is 0 Å². The molecule has 0 aromatic carbocycles. The van der Waals surface area contributed by atoms with Crippen molar-refractivity contribution in [2.75, 3.05) is 5.75 Å². The van der Waals surface area contributed by atoms with E-state index in [0.717, 1.165) is 5.56 Å². The fraction of sp³-hybridized carbons (Fsp3) is 0.600. The van der Waals surface area contributed by atoms with Gasteiger partial charge in [-0.25, -0.2) is 8.42 Å². The van der Waals surface area contributed by atoms with Gasteiger partial charge >= 0.3 is 5.97 Å². The van der Waals surface area contributed by atoms with E-state index >= 15 is 0 Å². The van der Waals surface area contributed by atoms with Crippen molar-refractivity contribution >= 4 is 15.8 Å². The van der Waals surface area contributed by atoms with E-state index in [1.54, 1.807) is 6.20 Å². The minimum absolute atomic E-state index is 0.0309. The number of rotatable bonds is 4. The van der Waals surface area contributed by atoms with Gasteiger partial charge in [0.15, 0.2) is 15.2 Å². The van der Waals surface area contributed by atoms with Crippen molar-refractivity contribution in [2.45, 2.75) is 31.1 Å². The Balaban J connectivity index is 2.10. The first-order chi connectivity index (χ1) is 7.99. The summed E-state index contributed by atoms with van der Waals surface area (Å²) in [6, 6.07) is 0. The van der Waals surface area contributed by atoms with E-state index in [0.29, 0.717) is 19.3 Å². The van der Waals surface area contributed by atoms with Crippen LogP contribution in [0.5, 0.6) is 0 Å². The molecule has 2 rings (SSSR count). The second-order valence-corrected chi connectivity index (χ2v) is 6.46. The number of sulfone groups is 1. The lowest BCUT2D eigenvalue weighted by Crippen LogP contribution is -2.15. The van der Waals surface area contributed by atoms with Crippen molar-refractivity contribution < 1.29 is 18.3 Å². The molecule has 1 unspecified atom stereocenters. The fourth-order valence-electron chi connectivity index (χ4n) is 1.99. The maximum Gasteiger partial charge on any atom is 0.303 e. The quantitative estimate of drug-likeness (QED) is 0.854. The van der Waals surface area contributed by atoms with E-state index in [2.05, 4.69) is 5.10 Å². The SMILES string of the molecule is O=C(O)CCc1cnn(C2CCCS2(=O)=O)c1. The Morgan fingerprint density at radius 2 is 2.35 bits per heavy atom. The summed E-state index contributed by atoms with van der Waals surface area (Å²) in [5.41, 5.74) is 0.759. The van der Waals surface area contributed by atoms with Crippen LogP contribution in [0.25, 0.3) is 0 Å². The number of hydrogen-bond acceptors (Lipinski definition) is 4. The molecule has 0 radical (unpaired) electrons. The van der Waals surface area contributed by atoms with Crippen molar-refractivity contribution in [3.05, 3.63) is 18.0 Å². The van der Waals surface area contributed by atoms with Crippen LogP contribution < -0.4 is 0 Å². The van der Waals surface area contributed by atoms with Crippen LogP contribution in [0.15, 0.2) is 12.4 Å². The number of aliphatic carboxylic acids is 1. The molecule has 1 fully saturated rings. The molecule has 0 aliphatic carbocycles. The third-order valence-electron chi connectivity index (χ3n) is 2.87. The molecule has 94 valence electrons. The van der Waals surface area contributed by atoms with Gasteiger partial charge in [-0.05, 0) is 24.8 Å². The summed E-state index contributed by atoms with van der Waals surface area (Å²) in [5.74, 6) is -0.659. The molecule has 1 aliphatic heterocycles. The van der Waals surface area contributed by atoms with Crippen LogP contribution >= 0.6 is 0 Å². The maximum atomic E-state index is 11.7. The highest BCUT2D eigenvalue weighted by atomic mass is 32.2. The summed E-state index contributed by atoms with van der Waals surface area (Å²) in [7, 11) is -3.07. The number of aryl methyl sites for hydroxylation is 1. The molecule has 1 aliphatic rings. The standard InChI is InChI=1S/C10H14N2O4S/c13-10(14)4-3-8-6-11-12(7-8)9-2-1-5-17(9,15)16/h6-7,9H,1-5H2,(H,13,14). The third kappa shape index (κ3) is 2.66. The zero-order valence-electron chi connectivity index (χ0n) is 9.24. The predicted molar refractivity (Wildman–Crippen MR) is 60.2 cm³/mol. The highest BCUT2D eigenvalue weighted by Crippen LogP contribution is 2.29. The zero-order chi connectivity index (χ0) is 12.5. The maximum absolute atomic E-state index is 11.7. The molecule has 1 aromatic heterocycles. The van der Waals surface area contributed by atoms with Crippen molar-refractivity contribution in [2.24, 2.45) is 0 Å². The topological polar surface area (TPSA) is 89.3 Å². The normalized spacial score (nSPS) is 22.7. The van der Waals surface area contributed by atoms with Gasteiger partial charge in [0, 0.05) is 12.6 Å². The summed E-state index contributed by atoms with van der Waals surface area (Å²) in [4.78, 5) is 10.4. The van der Waals surface area contributed by atoms with Gasteiger partial charge in [0.05, 0.1) is 11.9 Å². The molecule has 6 nitrogen and oxygen atoms in total. The Kier molecular flexibility index (Phi) is 3.19. The number of hydrogen-bond donors (Lipinski definition) is 1. The third-order valence-corrected chi connectivity index (χ3v) is 5.01. The van der Waals surface area contributed by atoms with E-state index in [1.165, 1.54) is 10.9 Å². The van der Waals surface area contributed by atoms with Gasteiger partial charge < -0.3 is 5.11 Å². The summed E-state index contributed by atoms with van der Waals surface area (Å²) in [6.07, 6.45) is 4.83. The molecule has 1 atom stereocenters. The second-order valence-electron chi connectivity index (χ2n) is 4.19. The van der Waals surface area contributed by atoms with E-state index in [-0.39, 0.29) is 12.2 Å². The monoisotopic (exact) mass is 258 g/mol. The first-order valence-corrected chi connectivity index (χ1v) is 7.17. The minimum Gasteiger partial charge on any atom is -0.481 e. The van der Waals surface area contributed by atoms with Crippen LogP contribution in [0.3, 0.4) is 0 Å². The zero-order valence-corrected chi connectivity index (χ0v) is 10.1. The number of carbonyl (C=O) groups is 1. The van der Waals surface area contributed by atoms with Gasteiger partial charge in [0.1, 0.15) is 0 Å². The van der Waals surface area contributed by atoms with Gasteiger partial charge in [0.25, 0.3) is 0 Å². The predicted octanol–water partition coefficient (Wildman–Crippen LogP) is 0.607. The minimum atomic E-state index is -3.07. The smallest absolute Gasteiger partial charge is 0.303 e. The molecular formula is C10H14N2O4S. The summed E-state index contributed by atoms with van der Waals surface area (Å²) in [6.45, 7) is 0. The molecule has 0 bridgehead atoms. The van der Waals surface area contributed by atoms with Crippen LogP contribution in [-0.2, 0) is 21.1 Å². The van der Waals surface area contributed by atoms with Crippen LogP contribution in [0, 0.1) is 0 Å². The van der Waals surface area contributed by atoms with Crippen molar-refractivity contribution in [3.8, 4) is 0 Å². The fourth-order valence-corrected chi connectivity index (χ4v) is 3.80. The number of carboxylic acid groups (broad SMARTS) is 1. The van der Waals surface area contributed by atoms with Gasteiger partial charge in [-0.2, -0.15) is 5.10 Å². The molecule has 1 saturated heterocycles. The molecule has 0 amide bonds. The van der Waals surface area contributed by atoms with Crippen LogP contribution in [-0.4, -0.2) is 35.0 Å². The van der Waals surface area contributed by atoms with Crippen LogP contribution in [0.2, 0.25) is 0 Å². The van der Waals surface area contributed by atoms with E-state index in [9.17, 15) is 13.2 Å². The molecule has 2 heterocycles. The highest BCUT2D eigenvalue weighted by Gasteiger charge is 2.33. The van der Waals surface area contributed by atoms with E-state index in [1.807, 2.05) is 0 Å². The van der Waals surface area contributed by atoms with Crippen molar-refractivity contribution in [1.82, 2.24) is 9.78 Å². The molecule has 17 heavy (non-hydrogen) atoms. The molecule has 7 heteroatoms. The molecule has 0 saturated carbocycles. The molecular weight excluding hydrogens is 244 g/mol. The van der Waals surface area contributed by atoms with E-state index in [4.69, 9.17) is 5.11 Å². The van der Waals surface area contributed by atoms with Gasteiger partial charge in [-0.15, -0.1) is 0 Å². The lowest BCUT2D eigenvalue weighted by molar-refractivity contribution is -0.136. The average molecular weight is 258 g/mol. The first-order valence-electron chi connectivity index (χ1n) is 5.45. The largest absolute Gasteiger partial charge is 0.481 e.